The topological polar surface area (TPSA) is 86.8 Å². The van der Waals surface area contributed by atoms with Crippen LogP contribution in [0.1, 0.15) is 36.8 Å². The zero-order chi connectivity index (χ0) is 23.6. The van der Waals surface area contributed by atoms with Gasteiger partial charge in [0, 0.05) is 23.7 Å². The third kappa shape index (κ3) is 5.10. The maximum Gasteiger partial charge on any atom is 0.244 e. The summed E-state index contributed by atoms with van der Waals surface area (Å²) in [5.74, 6) is -0.324. The Labute approximate surface area is 199 Å². The third-order valence-electron chi connectivity index (χ3n) is 6.12. The predicted octanol–water partition coefficient (Wildman–Crippen LogP) is 3.95. The molecule has 1 saturated heterocycles. The van der Waals surface area contributed by atoms with Gasteiger partial charge in [-0.3, -0.25) is 9.59 Å². The van der Waals surface area contributed by atoms with Crippen molar-refractivity contribution >= 4 is 45.0 Å². The van der Waals surface area contributed by atoms with Crippen LogP contribution in [-0.2, 0) is 19.6 Å². The summed E-state index contributed by atoms with van der Waals surface area (Å²) in [5.41, 5.74) is 3.09. The molecule has 2 amide bonds. The highest BCUT2D eigenvalue weighted by Gasteiger charge is 2.31. The van der Waals surface area contributed by atoms with Gasteiger partial charge < -0.3 is 10.2 Å². The summed E-state index contributed by atoms with van der Waals surface area (Å²) in [6, 6.07) is 10.7. The average molecular weight is 488 g/mol. The summed E-state index contributed by atoms with van der Waals surface area (Å²) >= 11 is 1.36. The number of sulfonamides is 1. The van der Waals surface area contributed by atoms with Gasteiger partial charge in [0.15, 0.2) is 0 Å². The van der Waals surface area contributed by atoms with Gasteiger partial charge in [-0.15, -0.1) is 11.8 Å². The zero-order valence-electron chi connectivity index (χ0n) is 19.0. The smallest absolute Gasteiger partial charge is 0.244 e. The van der Waals surface area contributed by atoms with Crippen LogP contribution in [0.15, 0.2) is 46.2 Å². The summed E-state index contributed by atoms with van der Waals surface area (Å²) in [5, 5.41) is 2.91. The number of aryl methyl sites for hydroxylation is 2. The monoisotopic (exact) mass is 487 g/mol. The molecule has 7 nitrogen and oxygen atoms in total. The molecule has 1 N–H and O–H groups in total. The van der Waals surface area contributed by atoms with E-state index in [9.17, 15) is 18.0 Å². The quantitative estimate of drug-likeness (QED) is 0.690. The van der Waals surface area contributed by atoms with E-state index in [1.54, 1.807) is 18.2 Å². The second kappa shape index (κ2) is 9.87. The van der Waals surface area contributed by atoms with E-state index in [1.807, 2.05) is 32.0 Å². The molecule has 176 valence electrons. The van der Waals surface area contributed by atoms with Crippen molar-refractivity contribution < 1.29 is 18.0 Å². The van der Waals surface area contributed by atoms with Crippen LogP contribution in [0.4, 0.5) is 11.4 Å². The minimum Gasteiger partial charge on any atom is -0.324 e. The van der Waals surface area contributed by atoms with Gasteiger partial charge >= 0.3 is 0 Å². The Balaban J connectivity index is 1.60. The van der Waals surface area contributed by atoms with Crippen LogP contribution in [-0.4, -0.2) is 49.9 Å². The first-order valence-electron chi connectivity index (χ1n) is 11.2. The summed E-state index contributed by atoms with van der Waals surface area (Å²) in [6.45, 7) is 4.68. The number of benzene rings is 2. The van der Waals surface area contributed by atoms with Gasteiger partial charge in [0.25, 0.3) is 0 Å². The number of anilines is 2. The van der Waals surface area contributed by atoms with Crippen molar-refractivity contribution in [3.63, 3.8) is 0 Å². The fourth-order valence-corrected chi connectivity index (χ4v) is 6.73. The molecule has 0 aromatic heterocycles. The van der Waals surface area contributed by atoms with Crippen LogP contribution in [0, 0.1) is 13.8 Å². The first-order chi connectivity index (χ1) is 15.8. The zero-order valence-corrected chi connectivity index (χ0v) is 20.6. The number of nitrogens with zero attached hydrogens (tertiary/aromatic N) is 2. The van der Waals surface area contributed by atoms with Crippen molar-refractivity contribution in [2.45, 2.75) is 49.3 Å². The highest BCUT2D eigenvalue weighted by atomic mass is 32.2. The molecule has 4 rings (SSSR count). The molecule has 9 heteroatoms. The molecule has 2 aromatic rings. The van der Waals surface area contributed by atoms with Gasteiger partial charge in [-0.25, -0.2) is 8.42 Å². The van der Waals surface area contributed by atoms with E-state index in [1.165, 1.54) is 21.0 Å². The van der Waals surface area contributed by atoms with E-state index in [-0.39, 0.29) is 29.0 Å². The van der Waals surface area contributed by atoms with E-state index in [0.717, 1.165) is 47.4 Å². The largest absolute Gasteiger partial charge is 0.324 e. The number of carbonyl (C=O) groups is 2. The summed E-state index contributed by atoms with van der Waals surface area (Å²) in [7, 11) is -3.66. The number of hydrogen-bond donors (Lipinski definition) is 1. The van der Waals surface area contributed by atoms with E-state index in [4.69, 9.17) is 0 Å². The normalized spacial score (nSPS) is 17.4. The first kappa shape index (κ1) is 23.8. The van der Waals surface area contributed by atoms with Gasteiger partial charge in [-0.2, -0.15) is 4.31 Å². The van der Waals surface area contributed by atoms with Crippen LogP contribution in [0.3, 0.4) is 0 Å². The molecule has 1 fully saturated rings. The Morgan fingerprint density at radius 2 is 1.70 bits per heavy atom. The number of thioether (sulfide) groups is 1. The highest BCUT2D eigenvalue weighted by molar-refractivity contribution is 8.00. The second-order valence-electron chi connectivity index (χ2n) is 8.53. The highest BCUT2D eigenvalue weighted by Crippen LogP contribution is 2.37. The summed E-state index contributed by atoms with van der Waals surface area (Å²) < 4.78 is 28.1. The van der Waals surface area contributed by atoms with Crippen molar-refractivity contribution in [1.29, 1.82) is 0 Å². The van der Waals surface area contributed by atoms with Gasteiger partial charge in [-0.05, 0) is 56.0 Å². The van der Waals surface area contributed by atoms with E-state index >= 15 is 0 Å². The third-order valence-corrected chi connectivity index (χ3v) is 9.07. The number of para-hydroxylation sites is 1. The molecule has 0 atom stereocenters. The van der Waals surface area contributed by atoms with Crippen molar-refractivity contribution in [2.75, 3.05) is 35.6 Å². The van der Waals surface area contributed by atoms with Crippen molar-refractivity contribution in [3.8, 4) is 0 Å². The van der Waals surface area contributed by atoms with Crippen LogP contribution < -0.4 is 10.2 Å². The van der Waals surface area contributed by atoms with Crippen LogP contribution in [0.2, 0.25) is 0 Å². The van der Waals surface area contributed by atoms with Gasteiger partial charge in [0.2, 0.25) is 21.8 Å². The Kier molecular flexibility index (Phi) is 7.11. The molecule has 0 saturated carbocycles. The fraction of sp³-hybridized carbons (Fsp3) is 0.417. The van der Waals surface area contributed by atoms with Gasteiger partial charge in [0.1, 0.15) is 6.54 Å². The van der Waals surface area contributed by atoms with Crippen molar-refractivity contribution in [3.05, 3.63) is 47.5 Å². The Hall–Kier alpha value is -2.36. The summed E-state index contributed by atoms with van der Waals surface area (Å²) in [6.07, 6.45) is 3.77. The minimum atomic E-state index is -3.66. The molecule has 0 bridgehead atoms. The molecule has 0 unspecified atom stereocenters. The molecule has 0 aliphatic carbocycles. The van der Waals surface area contributed by atoms with Crippen LogP contribution in [0.25, 0.3) is 0 Å². The molecule has 0 radical (unpaired) electrons. The predicted molar refractivity (Wildman–Crippen MR) is 131 cm³/mol. The van der Waals surface area contributed by atoms with Gasteiger partial charge in [0.05, 0.1) is 16.3 Å². The minimum absolute atomic E-state index is 0.165. The lowest BCUT2D eigenvalue weighted by molar-refractivity contribution is -0.120. The Bertz CT molecular complexity index is 1150. The van der Waals surface area contributed by atoms with E-state index in [0.29, 0.717) is 18.8 Å². The second-order valence-corrected chi connectivity index (χ2v) is 11.5. The van der Waals surface area contributed by atoms with Crippen molar-refractivity contribution in [2.24, 2.45) is 0 Å². The molecule has 2 aliphatic rings. The molecule has 33 heavy (non-hydrogen) atoms. The maximum absolute atomic E-state index is 13.3. The Morgan fingerprint density at radius 3 is 2.36 bits per heavy atom. The molecule has 2 aromatic carbocycles. The Morgan fingerprint density at radius 1 is 1.03 bits per heavy atom. The molecular weight excluding hydrogens is 458 g/mol. The molecular formula is C24H29N3O4S2. The average Bonchev–Trinajstić information content (AvgIpc) is 3.08. The molecule has 2 aliphatic heterocycles. The SMILES string of the molecule is Cc1cccc(C)c1NC(=O)CN1C(=O)CSc2ccc(S(=O)(=O)N3CCCCCC3)cc21. The molecule has 2 heterocycles. The number of rotatable bonds is 5. The lowest BCUT2D eigenvalue weighted by atomic mass is 10.1. The number of hydrogen-bond acceptors (Lipinski definition) is 5. The van der Waals surface area contributed by atoms with Gasteiger partial charge in [-0.1, -0.05) is 31.0 Å². The number of fused-ring (bicyclic) bond motifs is 1. The lowest BCUT2D eigenvalue weighted by Crippen LogP contribution is -2.41. The molecule has 0 spiro atoms. The van der Waals surface area contributed by atoms with Crippen LogP contribution in [0.5, 0.6) is 0 Å². The lowest BCUT2D eigenvalue weighted by Gasteiger charge is -2.29. The number of nitrogens with one attached hydrogen (secondary N) is 1. The number of carbonyl (C=O) groups excluding carboxylic acids is 2. The van der Waals surface area contributed by atoms with Crippen molar-refractivity contribution in [1.82, 2.24) is 4.31 Å². The maximum atomic E-state index is 13.3. The van der Waals surface area contributed by atoms with E-state index < -0.39 is 10.0 Å². The van der Waals surface area contributed by atoms with Crippen LogP contribution >= 0.6 is 11.8 Å². The number of amides is 2. The standard InChI is InChI=1S/C24H29N3O4S2/c1-17-8-7-9-18(2)24(17)25-22(28)15-27-20-14-19(10-11-21(20)32-16-23(27)29)33(30,31)26-12-5-3-4-6-13-26/h7-11,14H,3-6,12-13,15-16H2,1-2H3,(H,25,28). The first-order valence-corrected chi connectivity index (χ1v) is 13.6. The van der Waals surface area contributed by atoms with E-state index in [2.05, 4.69) is 5.32 Å². The fourth-order valence-electron chi connectivity index (χ4n) is 4.28. The summed E-state index contributed by atoms with van der Waals surface area (Å²) in [4.78, 5) is 28.0.